The van der Waals surface area contributed by atoms with Crippen molar-refractivity contribution in [3.05, 3.63) is 158 Å². The molecule has 0 aliphatic carbocycles. The van der Waals surface area contributed by atoms with Gasteiger partial charge in [0.05, 0.1) is 22.2 Å². The first kappa shape index (κ1) is 23.9. The molecular formula is C41H26N2. The zero-order valence-electron chi connectivity index (χ0n) is 23.4. The molecule has 0 aliphatic heterocycles. The number of pyridine rings is 1. The van der Waals surface area contributed by atoms with Gasteiger partial charge in [0.1, 0.15) is 0 Å². The number of rotatable bonds is 3. The van der Waals surface area contributed by atoms with Crippen LogP contribution in [0.3, 0.4) is 0 Å². The molecule has 0 fully saturated rings. The molecule has 0 saturated carbocycles. The van der Waals surface area contributed by atoms with Gasteiger partial charge in [0.15, 0.2) is 0 Å². The highest BCUT2D eigenvalue weighted by Gasteiger charge is 2.13. The van der Waals surface area contributed by atoms with Crippen molar-refractivity contribution in [2.24, 2.45) is 0 Å². The highest BCUT2D eigenvalue weighted by molar-refractivity contribution is 6.24. The standard InChI is InChI=1S/C41H26N2/c1-2-14-33-31(12-1)32-13-3-4-17-36(32)41-37(33)24-25-38(42-41)28-22-20-27(21-23-28)29-10-9-11-30(26-29)43-39-18-7-5-15-34(39)35-16-6-8-19-40(35)43/h1-26H. The van der Waals surface area contributed by atoms with E-state index >= 15 is 0 Å². The van der Waals surface area contributed by atoms with E-state index in [0.717, 1.165) is 22.5 Å². The fourth-order valence-corrected chi connectivity index (χ4v) is 6.78. The summed E-state index contributed by atoms with van der Waals surface area (Å²) in [5.74, 6) is 0. The maximum absolute atomic E-state index is 5.23. The van der Waals surface area contributed by atoms with E-state index in [2.05, 4.69) is 162 Å². The summed E-state index contributed by atoms with van der Waals surface area (Å²) in [6, 6.07) is 56.6. The van der Waals surface area contributed by atoms with Crippen LogP contribution >= 0.6 is 0 Å². The summed E-state index contributed by atoms with van der Waals surface area (Å²) in [6.07, 6.45) is 0. The van der Waals surface area contributed by atoms with Gasteiger partial charge in [0, 0.05) is 32.8 Å². The molecule has 0 unspecified atom stereocenters. The molecular weight excluding hydrogens is 520 g/mol. The van der Waals surface area contributed by atoms with Crippen molar-refractivity contribution >= 4 is 54.3 Å². The van der Waals surface area contributed by atoms with Gasteiger partial charge in [-0.05, 0) is 63.7 Å². The molecule has 2 nitrogen and oxygen atoms in total. The Kier molecular flexibility index (Phi) is 5.23. The maximum atomic E-state index is 5.23. The van der Waals surface area contributed by atoms with Crippen LogP contribution in [0, 0.1) is 0 Å². The summed E-state index contributed by atoms with van der Waals surface area (Å²) < 4.78 is 2.37. The summed E-state index contributed by atoms with van der Waals surface area (Å²) in [4.78, 5) is 5.23. The second-order valence-electron chi connectivity index (χ2n) is 11.2. The molecule has 2 aromatic heterocycles. The van der Waals surface area contributed by atoms with E-state index in [1.807, 2.05) is 0 Å². The molecule has 9 rings (SSSR count). The molecule has 0 aliphatic rings. The van der Waals surface area contributed by atoms with Gasteiger partial charge in [-0.25, -0.2) is 4.98 Å². The second-order valence-corrected chi connectivity index (χ2v) is 11.2. The van der Waals surface area contributed by atoms with Crippen molar-refractivity contribution in [1.29, 1.82) is 0 Å². The summed E-state index contributed by atoms with van der Waals surface area (Å²) in [5, 5.41) is 8.69. The highest BCUT2D eigenvalue weighted by atomic mass is 15.0. The largest absolute Gasteiger partial charge is 0.309 e. The quantitative estimate of drug-likeness (QED) is 0.202. The van der Waals surface area contributed by atoms with E-state index in [0.29, 0.717) is 0 Å². The van der Waals surface area contributed by atoms with E-state index < -0.39 is 0 Å². The van der Waals surface area contributed by atoms with Crippen LogP contribution < -0.4 is 0 Å². The number of para-hydroxylation sites is 2. The molecule has 0 spiro atoms. The fourth-order valence-electron chi connectivity index (χ4n) is 6.78. The lowest BCUT2D eigenvalue weighted by molar-refractivity contribution is 1.18. The summed E-state index contributed by atoms with van der Waals surface area (Å²) in [5.41, 5.74) is 9.13. The first-order valence-electron chi connectivity index (χ1n) is 14.7. The van der Waals surface area contributed by atoms with Crippen molar-refractivity contribution in [1.82, 2.24) is 9.55 Å². The maximum Gasteiger partial charge on any atom is 0.0794 e. The highest BCUT2D eigenvalue weighted by Crippen LogP contribution is 2.36. The number of nitrogens with zero attached hydrogens (tertiary/aromatic N) is 2. The zero-order valence-corrected chi connectivity index (χ0v) is 23.4. The Balaban J connectivity index is 1.13. The minimum atomic E-state index is 0.985. The third-order valence-electron chi connectivity index (χ3n) is 8.78. The molecule has 0 N–H and O–H groups in total. The lowest BCUT2D eigenvalue weighted by Crippen LogP contribution is -1.94. The van der Waals surface area contributed by atoms with Gasteiger partial charge in [-0.15, -0.1) is 0 Å². The molecule has 2 heteroatoms. The molecule has 9 aromatic rings. The van der Waals surface area contributed by atoms with Gasteiger partial charge in [-0.3, -0.25) is 0 Å². The van der Waals surface area contributed by atoms with Crippen LogP contribution in [-0.2, 0) is 0 Å². The fraction of sp³-hybridized carbons (Fsp3) is 0. The van der Waals surface area contributed by atoms with Crippen LogP contribution in [-0.4, -0.2) is 9.55 Å². The van der Waals surface area contributed by atoms with E-state index in [1.165, 1.54) is 59.9 Å². The van der Waals surface area contributed by atoms with Gasteiger partial charge in [0.25, 0.3) is 0 Å². The minimum Gasteiger partial charge on any atom is -0.309 e. The average Bonchev–Trinajstić information content (AvgIpc) is 3.43. The first-order chi connectivity index (χ1) is 21.3. The van der Waals surface area contributed by atoms with Crippen molar-refractivity contribution in [3.8, 4) is 28.1 Å². The zero-order chi connectivity index (χ0) is 28.3. The summed E-state index contributed by atoms with van der Waals surface area (Å²) >= 11 is 0. The molecule has 200 valence electrons. The predicted octanol–water partition coefficient (Wildman–Crippen LogP) is 11.0. The number of hydrogen-bond acceptors (Lipinski definition) is 1. The summed E-state index contributed by atoms with van der Waals surface area (Å²) in [7, 11) is 0. The van der Waals surface area contributed by atoms with Crippen LogP contribution in [0.25, 0.3) is 82.3 Å². The predicted molar refractivity (Wildman–Crippen MR) is 182 cm³/mol. The van der Waals surface area contributed by atoms with Gasteiger partial charge in [0.2, 0.25) is 0 Å². The Labute approximate surface area is 249 Å². The van der Waals surface area contributed by atoms with E-state index in [9.17, 15) is 0 Å². The minimum absolute atomic E-state index is 0.985. The van der Waals surface area contributed by atoms with Crippen molar-refractivity contribution in [2.45, 2.75) is 0 Å². The van der Waals surface area contributed by atoms with Crippen LogP contribution in [0.15, 0.2) is 158 Å². The lowest BCUT2D eigenvalue weighted by Gasteiger charge is -2.12. The smallest absolute Gasteiger partial charge is 0.0794 e. The number of aromatic nitrogens is 2. The third kappa shape index (κ3) is 3.70. The Morgan fingerprint density at radius 2 is 0.860 bits per heavy atom. The topological polar surface area (TPSA) is 17.8 Å². The molecule has 0 bridgehead atoms. The SMILES string of the molecule is c1cc(-c2ccc(-c3ccc4c5ccccc5c5ccccc5c4n3)cc2)cc(-n2c3ccccc3c3ccccc32)c1. The Morgan fingerprint density at radius 3 is 1.51 bits per heavy atom. The molecule has 0 atom stereocenters. The van der Waals surface area contributed by atoms with E-state index in [-0.39, 0.29) is 0 Å². The monoisotopic (exact) mass is 546 g/mol. The normalized spacial score (nSPS) is 11.7. The molecule has 7 aromatic carbocycles. The Morgan fingerprint density at radius 1 is 0.349 bits per heavy atom. The van der Waals surface area contributed by atoms with Crippen molar-refractivity contribution in [2.75, 3.05) is 0 Å². The molecule has 43 heavy (non-hydrogen) atoms. The number of benzene rings is 7. The Hall–Kier alpha value is -5.73. The third-order valence-corrected chi connectivity index (χ3v) is 8.78. The first-order valence-corrected chi connectivity index (χ1v) is 14.7. The van der Waals surface area contributed by atoms with Gasteiger partial charge in [-0.2, -0.15) is 0 Å². The van der Waals surface area contributed by atoms with Gasteiger partial charge < -0.3 is 4.57 Å². The average molecular weight is 547 g/mol. The van der Waals surface area contributed by atoms with Gasteiger partial charge in [-0.1, -0.05) is 121 Å². The number of hydrogen-bond donors (Lipinski definition) is 0. The van der Waals surface area contributed by atoms with Crippen molar-refractivity contribution in [3.63, 3.8) is 0 Å². The lowest BCUT2D eigenvalue weighted by atomic mass is 9.96. The summed E-state index contributed by atoms with van der Waals surface area (Å²) in [6.45, 7) is 0. The molecule has 2 heterocycles. The van der Waals surface area contributed by atoms with E-state index in [4.69, 9.17) is 4.98 Å². The van der Waals surface area contributed by atoms with Crippen LogP contribution in [0.5, 0.6) is 0 Å². The van der Waals surface area contributed by atoms with Crippen LogP contribution in [0.4, 0.5) is 0 Å². The van der Waals surface area contributed by atoms with Crippen LogP contribution in [0.2, 0.25) is 0 Å². The molecule has 0 saturated heterocycles. The molecule has 0 amide bonds. The second kappa shape index (κ2) is 9.40. The van der Waals surface area contributed by atoms with Crippen molar-refractivity contribution < 1.29 is 0 Å². The Bertz CT molecular complexity index is 2410. The van der Waals surface area contributed by atoms with Gasteiger partial charge >= 0.3 is 0 Å². The molecule has 0 radical (unpaired) electrons. The number of fused-ring (bicyclic) bond motifs is 9. The van der Waals surface area contributed by atoms with Crippen LogP contribution in [0.1, 0.15) is 0 Å². The van der Waals surface area contributed by atoms with E-state index in [1.54, 1.807) is 0 Å².